The molecule has 260 valence electrons. The lowest BCUT2D eigenvalue weighted by molar-refractivity contribution is -0.134. The van der Waals surface area contributed by atoms with Crippen molar-refractivity contribution >= 4 is 11.9 Å². The Labute approximate surface area is 278 Å². The van der Waals surface area contributed by atoms with Gasteiger partial charge in [-0.1, -0.05) is 84.8 Å². The van der Waals surface area contributed by atoms with Crippen LogP contribution < -0.4 is 4.74 Å². The Kier molecular flexibility index (Phi) is 17.8. The van der Waals surface area contributed by atoms with Crippen LogP contribution in [-0.4, -0.2) is 40.0 Å². The Morgan fingerprint density at radius 1 is 0.870 bits per heavy atom. The van der Waals surface area contributed by atoms with Crippen LogP contribution in [0.15, 0.2) is 24.3 Å². The van der Waals surface area contributed by atoms with Gasteiger partial charge >= 0.3 is 5.97 Å². The normalized spacial score (nSPS) is 16.5. The number of carboxylic acids is 1. The number of aliphatic carboxylic acids is 1. The fourth-order valence-corrected chi connectivity index (χ4v) is 6.03. The number of carbonyl (C=O) groups excluding carboxylic acids is 1. The average molecular weight is 643 g/mol. The van der Waals surface area contributed by atoms with Gasteiger partial charge < -0.3 is 24.8 Å². The second-order valence-electron chi connectivity index (χ2n) is 14.0. The molecule has 0 unspecified atom stereocenters. The third kappa shape index (κ3) is 14.0. The third-order valence-corrected chi connectivity index (χ3v) is 9.18. The second kappa shape index (κ2) is 20.1. The van der Waals surface area contributed by atoms with Gasteiger partial charge in [0.05, 0.1) is 7.11 Å². The Morgan fingerprint density at radius 2 is 1.39 bits per heavy atom. The van der Waals surface area contributed by atoms with E-state index in [2.05, 4.69) is 46.3 Å². The molecule has 0 bridgehead atoms. The first kappa shape index (κ1) is 40.8. The van der Waals surface area contributed by atoms with Gasteiger partial charge in [0.25, 0.3) is 5.97 Å². The molecule has 1 aliphatic rings. The van der Waals surface area contributed by atoms with Crippen LogP contribution in [0.1, 0.15) is 138 Å². The van der Waals surface area contributed by atoms with Gasteiger partial charge in [-0.15, -0.1) is 0 Å². The monoisotopic (exact) mass is 642 g/mol. The SMILES string of the molecule is CC(=O)O.COC(=O)c1ccccc1O.Cc1c(C)c2c(c(C)c1O)CC[C@@](C)(CCC[C@H](C)CCC[C@H](C)CCCC(C)C)O2. The largest absolute Gasteiger partial charge is 0.507 e. The number of carbonyl (C=O) groups is 2. The minimum absolute atomic E-state index is 0.0562. The minimum Gasteiger partial charge on any atom is -0.507 e. The molecule has 7 nitrogen and oxygen atoms in total. The van der Waals surface area contributed by atoms with Gasteiger partial charge in [-0.3, -0.25) is 4.79 Å². The van der Waals surface area contributed by atoms with Gasteiger partial charge in [0.15, 0.2) is 0 Å². The Hall–Kier alpha value is -3.22. The number of hydrogen-bond donors (Lipinski definition) is 3. The number of methoxy groups -OCH3 is 1. The van der Waals surface area contributed by atoms with E-state index in [9.17, 15) is 9.90 Å². The van der Waals surface area contributed by atoms with Crippen LogP contribution in [0.4, 0.5) is 0 Å². The Morgan fingerprint density at radius 3 is 1.91 bits per heavy atom. The predicted octanol–water partition coefficient (Wildman–Crippen LogP) is 10.1. The molecule has 0 radical (unpaired) electrons. The summed E-state index contributed by atoms with van der Waals surface area (Å²) in [6.07, 6.45) is 14.1. The van der Waals surface area contributed by atoms with Gasteiger partial charge in [-0.05, 0) is 100.0 Å². The van der Waals surface area contributed by atoms with E-state index < -0.39 is 11.9 Å². The molecule has 0 aliphatic carbocycles. The molecule has 1 heterocycles. The van der Waals surface area contributed by atoms with Crippen LogP contribution in [0.2, 0.25) is 0 Å². The highest BCUT2D eigenvalue weighted by molar-refractivity contribution is 5.92. The number of phenolic OH excluding ortho intramolecular Hbond substituents is 2. The third-order valence-electron chi connectivity index (χ3n) is 9.18. The quantitative estimate of drug-likeness (QED) is 0.186. The maximum atomic E-state index is 10.9. The zero-order valence-electron chi connectivity index (χ0n) is 30.3. The maximum absolute atomic E-state index is 10.9. The molecule has 3 rings (SSSR count). The van der Waals surface area contributed by atoms with Crippen LogP contribution in [0, 0.1) is 38.5 Å². The van der Waals surface area contributed by atoms with Crippen molar-refractivity contribution in [2.24, 2.45) is 17.8 Å². The van der Waals surface area contributed by atoms with E-state index in [1.54, 1.807) is 12.1 Å². The Balaban J connectivity index is 0.000000579. The first-order valence-electron chi connectivity index (χ1n) is 17.1. The van der Waals surface area contributed by atoms with E-state index in [-0.39, 0.29) is 16.9 Å². The van der Waals surface area contributed by atoms with Gasteiger partial charge in [-0.2, -0.15) is 0 Å². The highest BCUT2D eigenvalue weighted by Gasteiger charge is 2.34. The highest BCUT2D eigenvalue weighted by Crippen LogP contribution is 2.44. The van der Waals surface area contributed by atoms with Crippen molar-refractivity contribution in [2.75, 3.05) is 7.11 Å². The second-order valence-corrected chi connectivity index (χ2v) is 14.0. The maximum Gasteiger partial charge on any atom is 0.341 e. The molecule has 0 saturated carbocycles. The number of hydrogen-bond acceptors (Lipinski definition) is 6. The van der Waals surface area contributed by atoms with Crippen LogP contribution in [0.3, 0.4) is 0 Å². The summed E-state index contributed by atoms with van der Waals surface area (Å²) in [6, 6.07) is 6.24. The first-order chi connectivity index (χ1) is 21.5. The molecule has 2 aromatic carbocycles. The predicted molar refractivity (Wildman–Crippen MR) is 187 cm³/mol. The number of para-hydroxylation sites is 1. The van der Waals surface area contributed by atoms with Gasteiger partial charge in [0, 0.05) is 12.5 Å². The van der Waals surface area contributed by atoms with Crippen LogP contribution in [0.5, 0.6) is 17.2 Å². The summed E-state index contributed by atoms with van der Waals surface area (Å²) in [5.41, 5.74) is 4.42. The number of phenols is 2. The summed E-state index contributed by atoms with van der Waals surface area (Å²) in [6.45, 7) is 19.0. The lowest BCUT2D eigenvalue weighted by Crippen LogP contribution is -2.37. The highest BCUT2D eigenvalue weighted by atomic mass is 16.5. The summed E-state index contributed by atoms with van der Waals surface area (Å²) in [4.78, 5) is 19.9. The van der Waals surface area contributed by atoms with Crippen LogP contribution in [0.25, 0.3) is 0 Å². The zero-order valence-corrected chi connectivity index (χ0v) is 30.3. The van der Waals surface area contributed by atoms with Crippen LogP contribution >= 0.6 is 0 Å². The van der Waals surface area contributed by atoms with Crippen molar-refractivity contribution in [3.8, 4) is 17.2 Å². The Bertz CT molecular complexity index is 1230. The van der Waals surface area contributed by atoms with Crippen molar-refractivity contribution < 1.29 is 34.4 Å². The summed E-state index contributed by atoms with van der Waals surface area (Å²) in [7, 11) is 1.27. The smallest absolute Gasteiger partial charge is 0.341 e. The van der Waals surface area contributed by atoms with E-state index in [0.717, 1.165) is 66.4 Å². The van der Waals surface area contributed by atoms with Crippen molar-refractivity contribution in [2.45, 2.75) is 139 Å². The number of aromatic hydroxyl groups is 2. The molecule has 7 heteroatoms. The number of benzene rings is 2. The summed E-state index contributed by atoms with van der Waals surface area (Å²) < 4.78 is 11.0. The van der Waals surface area contributed by atoms with E-state index in [1.807, 2.05) is 13.8 Å². The number of ether oxygens (including phenoxy) is 2. The fourth-order valence-electron chi connectivity index (χ4n) is 6.03. The number of fused-ring (bicyclic) bond motifs is 1. The molecule has 0 fully saturated rings. The minimum atomic E-state index is -0.833. The molecule has 2 aromatic rings. The number of carboxylic acid groups (broad SMARTS) is 1. The zero-order chi connectivity index (χ0) is 35.0. The van der Waals surface area contributed by atoms with E-state index >= 15 is 0 Å². The molecule has 1 aliphatic heterocycles. The summed E-state index contributed by atoms with van der Waals surface area (Å²) >= 11 is 0. The summed E-state index contributed by atoms with van der Waals surface area (Å²) in [5.74, 6) is 2.62. The standard InChI is InChI=1S/C29H50O2.C8H8O3.C2H4O2/c1-20(2)12-9-13-21(3)14-10-15-22(4)16-11-18-29(8)19-17-26-25(7)27(30)23(5)24(6)28(26)31-29;1-11-8(10)6-4-2-3-5-7(6)9;1-2(3)4/h20-22,30H,9-19H2,1-8H3;2-5,9H,1H3;1H3,(H,3,4)/t21-,22-,29-;;/m1../s1. The topological polar surface area (TPSA) is 113 Å². The van der Waals surface area contributed by atoms with Crippen molar-refractivity contribution in [3.05, 3.63) is 52.1 Å². The molecule has 0 amide bonds. The van der Waals surface area contributed by atoms with E-state index in [1.165, 1.54) is 76.2 Å². The van der Waals surface area contributed by atoms with Gasteiger partial charge in [-0.25, -0.2) is 4.79 Å². The molecule has 0 aromatic heterocycles. The fraction of sp³-hybridized carbons (Fsp3) is 0.641. The van der Waals surface area contributed by atoms with Gasteiger partial charge in [0.2, 0.25) is 0 Å². The van der Waals surface area contributed by atoms with Gasteiger partial charge in [0.1, 0.15) is 28.4 Å². The molecule has 3 atom stereocenters. The number of rotatable bonds is 13. The van der Waals surface area contributed by atoms with Crippen LogP contribution in [-0.2, 0) is 16.0 Å². The average Bonchev–Trinajstić information content (AvgIpc) is 2.98. The molecular formula is C39H62O7. The van der Waals surface area contributed by atoms with E-state index in [4.69, 9.17) is 19.7 Å². The molecule has 0 spiro atoms. The van der Waals surface area contributed by atoms with Crippen molar-refractivity contribution in [1.29, 1.82) is 0 Å². The first-order valence-corrected chi connectivity index (χ1v) is 17.1. The molecular weight excluding hydrogens is 580 g/mol. The summed E-state index contributed by atoms with van der Waals surface area (Å²) in [5, 5.41) is 26.9. The molecule has 3 N–H and O–H groups in total. The molecule has 46 heavy (non-hydrogen) atoms. The lowest BCUT2D eigenvalue weighted by Gasteiger charge is -2.38. The van der Waals surface area contributed by atoms with E-state index in [0.29, 0.717) is 5.75 Å². The number of esters is 1. The van der Waals surface area contributed by atoms with Crippen molar-refractivity contribution in [1.82, 2.24) is 0 Å². The van der Waals surface area contributed by atoms with Crippen molar-refractivity contribution in [3.63, 3.8) is 0 Å². The molecule has 0 saturated heterocycles. The lowest BCUT2D eigenvalue weighted by atomic mass is 9.84.